The highest BCUT2D eigenvalue weighted by atomic mass is 32.2. The van der Waals surface area contributed by atoms with Gasteiger partial charge in [-0.15, -0.1) is 0 Å². The average molecular weight is 328 g/mol. The Bertz CT molecular complexity index is 654. The minimum atomic E-state index is -3.89. The Hall–Kier alpha value is -1.58. The fourth-order valence-corrected chi connectivity index (χ4v) is 3.48. The van der Waals surface area contributed by atoms with E-state index in [1.54, 1.807) is 4.90 Å². The van der Waals surface area contributed by atoms with Gasteiger partial charge in [0.05, 0.1) is 6.54 Å². The summed E-state index contributed by atoms with van der Waals surface area (Å²) in [5.74, 6) is -0.239. The number of pyridine rings is 1. The molecule has 1 aromatic heterocycles. The molecular weight excluding hydrogens is 312 g/mol. The van der Waals surface area contributed by atoms with Gasteiger partial charge < -0.3 is 10.6 Å². The second kappa shape index (κ2) is 6.46. The van der Waals surface area contributed by atoms with Crippen molar-refractivity contribution in [1.82, 2.24) is 14.6 Å². The van der Waals surface area contributed by atoms with Crippen LogP contribution in [0.25, 0.3) is 0 Å². The minimum absolute atomic E-state index is 0.0219. The van der Waals surface area contributed by atoms with Gasteiger partial charge in [0.15, 0.2) is 0 Å². The minimum Gasteiger partial charge on any atom is -0.388 e. The van der Waals surface area contributed by atoms with E-state index in [-0.39, 0.29) is 28.0 Å². The summed E-state index contributed by atoms with van der Waals surface area (Å²) in [7, 11) is -3.89. The van der Waals surface area contributed by atoms with Crippen LogP contribution in [-0.2, 0) is 14.8 Å². The lowest BCUT2D eigenvalue weighted by atomic mass is 10.3. The molecular formula is C12H16N4O3S2. The van der Waals surface area contributed by atoms with E-state index in [1.165, 1.54) is 18.3 Å². The highest BCUT2D eigenvalue weighted by Crippen LogP contribution is 2.13. The first-order valence-corrected chi connectivity index (χ1v) is 8.33. The highest BCUT2D eigenvalue weighted by Gasteiger charge is 2.24. The smallest absolute Gasteiger partial charge is 0.243 e. The third-order valence-electron chi connectivity index (χ3n) is 3.17. The predicted molar refractivity (Wildman–Crippen MR) is 81.1 cm³/mol. The van der Waals surface area contributed by atoms with Gasteiger partial charge in [-0.25, -0.2) is 13.1 Å². The summed E-state index contributed by atoms with van der Waals surface area (Å²) in [6.45, 7) is 1.06. The molecule has 0 unspecified atom stereocenters. The van der Waals surface area contributed by atoms with Crippen molar-refractivity contribution in [1.29, 1.82) is 0 Å². The Labute approximate surface area is 128 Å². The van der Waals surface area contributed by atoms with E-state index in [2.05, 4.69) is 9.71 Å². The molecule has 1 amide bonds. The maximum absolute atomic E-state index is 12.2. The molecule has 1 aliphatic heterocycles. The number of aromatic nitrogens is 1. The molecule has 0 saturated carbocycles. The van der Waals surface area contributed by atoms with Gasteiger partial charge in [0.1, 0.15) is 15.6 Å². The first kappa shape index (κ1) is 15.8. The molecule has 21 heavy (non-hydrogen) atoms. The first-order chi connectivity index (χ1) is 9.92. The zero-order chi connectivity index (χ0) is 15.5. The number of carbonyl (C=O) groups is 1. The van der Waals surface area contributed by atoms with Gasteiger partial charge >= 0.3 is 0 Å². The van der Waals surface area contributed by atoms with Crippen molar-refractivity contribution in [3.05, 3.63) is 24.0 Å². The van der Waals surface area contributed by atoms with Crippen LogP contribution in [0.15, 0.2) is 23.2 Å². The van der Waals surface area contributed by atoms with Crippen LogP contribution in [0.4, 0.5) is 0 Å². The van der Waals surface area contributed by atoms with Crippen LogP contribution >= 0.6 is 12.2 Å². The number of nitrogens with two attached hydrogens (primary N) is 1. The molecule has 2 rings (SSSR count). The molecule has 9 heteroatoms. The summed E-state index contributed by atoms with van der Waals surface area (Å²) < 4.78 is 26.8. The average Bonchev–Trinajstić information content (AvgIpc) is 2.99. The number of carbonyl (C=O) groups excluding carboxylic acids is 1. The second-order valence-corrected chi connectivity index (χ2v) is 6.80. The molecule has 1 aliphatic rings. The summed E-state index contributed by atoms with van der Waals surface area (Å²) in [5, 5.41) is 0. The van der Waals surface area contributed by atoms with E-state index in [9.17, 15) is 13.2 Å². The Morgan fingerprint density at radius 3 is 2.71 bits per heavy atom. The van der Waals surface area contributed by atoms with Crippen molar-refractivity contribution in [2.45, 2.75) is 17.7 Å². The number of hydrogen-bond acceptors (Lipinski definition) is 5. The van der Waals surface area contributed by atoms with Crippen LogP contribution in [0.5, 0.6) is 0 Å². The van der Waals surface area contributed by atoms with Gasteiger partial charge in [-0.2, -0.15) is 0 Å². The lowest BCUT2D eigenvalue weighted by molar-refractivity contribution is -0.128. The Kier molecular flexibility index (Phi) is 4.86. The van der Waals surface area contributed by atoms with Crippen LogP contribution in [0.3, 0.4) is 0 Å². The van der Waals surface area contributed by atoms with E-state index in [4.69, 9.17) is 18.0 Å². The number of thiocarbonyl (C=S) groups is 1. The fraction of sp³-hybridized carbons (Fsp3) is 0.417. The molecule has 1 fully saturated rings. The zero-order valence-corrected chi connectivity index (χ0v) is 12.9. The standard InChI is InChI=1S/C12H16N4O3S2/c13-12(20)11-9(4-3-5-14-11)21(18,19)15-8-10(17)16-6-1-2-7-16/h3-5,15H,1-2,6-8H2,(H2,13,20). The third kappa shape index (κ3) is 3.74. The number of likely N-dealkylation sites (tertiary alicyclic amines) is 1. The summed E-state index contributed by atoms with van der Waals surface area (Å²) in [6, 6.07) is 2.82. The molecule has 0 bridgehead atoms. The Morgan fingerprint density at radius 2 is 2.10 bits per heavy atom. The van der Waals surface area contributed by atoms with Crippen molar-refractivity contribution in [3.8, 4) is 0 Å². The normalized spacial score (nSPS) is 15.1. The largest absolute Gasteiger partial charge is 0.388 e. The van der Waals surface area contributed by atoms with E-state index < -0.39 is 10.0 Å². The van der Waals surface area contributed by atoms with Crippen LogP contribution in [0.1, 0.15) is 18.5 Å². The molecule has 7 nitrogen and oxygen atoms in total. The summed E-state index contributed by atoms with van der Waals surface area (Å²) >= 11 is 4.79. The number of nitrogens with one attached hydrogen (secondary N) is 1. The number of rotatable bonds is 5. The fourth-order valence-electron chi connectivity index (χ4n) is 2.11. The number of nitrogens with zero attached hydrogens (tertiary/aromatic N) is 2. The maximum atomic E-state index is 12.2. The van der Waals surface area contributed by atoms with Gasteiger partial charge in [0.25, 0.3) is 0 Å². The third-order valence-corrected chi connectivity index (χ3v) is 4.79. The molecule has 0 spiro atoms. The lowest BCUT2D eigenvalue weighted by Gasteiger charge is -2.16. The number of amides is 1. The van der Waals surface area contributed by atoms with E-state index in [0.29, 0.717) is 13.1 Å². The summed E-state index contributed by atoms with van der Waals surface area (Å²) in [6.07, 6.45) is 3.31. The van der Waals surface area contributed by atoms with Crippen molar-refractivity contribution in [3.63, 3.8) is 0 Å². The maximum Gasteiger partial charge on any atom is 0.243 e. The summed E-state index contributed by atoms with van der Waals surface area (Å²) in [4.78, 5) is 17.2. The predicted octanol–water partition coefficient (Wildman–Crippen LogP) is -0.384. The quantitative estimate of drug-likeness (QED) is 0.714. The zero-order valence-electron chi connectivity index (χ0n) is 11.3. The molecule has 0 aromatic carbocycles. The lowest BCUT2D eigenvalue weighted by Crippen LogP contribution is -2.39. The number of hydrogen-bond donors (Lipinski definition) is 2. The molecule has 1 saturated heterocycles. The number of sulfonamides is 1. The molecule has 2 heterocycles. The van der Waals surface area contributed by atoms with Crippen LogP contribution in [-0.4, -0.2) is 48.8 Å². The molecule has 1 aromatic rings. The van der Waals surface area contributed by atoms with Crippen molar-refractivity contribution >= 4 is 33.1 Å². The van der Waals surface area contributed by atoms with Gasteiger partial charge in [-0.3, -0.25) is 9.78 Å². The van der Waals surface area contributed by atoms with E-state index >= 15 is 0 Å². The van der Waals surface area contributed by atoms with Crippen LogP contribution in [0.2, 0.25) is 0 Å². The first-order valence-electron chi connectivity index (χ1n) is 6.44. The Morgan fingerprint density at radius 1 is 1.43 bits per heavy atom. The van der Waals surface area contributed by atoms with Crippen LogP contribution < -0.4 is 10.5 Å². The second-order valence-electron chi connectivity index (χ2n) is 4.63. The van der Waals surface area contributed by atoms with Gasteiger partial charge in [-0.05, 0) is 25.0 Å². The van der Waals surface area contributed by atoms with Gasteiger partial charge in [0, 0.05) is 19.3 Å². The molecule has 3 N–H and O–H groups in total. The van der Waals surface area contributed by atoms with E-state index in [0.717, 1.165) is 12.8 Å². The monoisotopic (exact) mass is 328 g/mol. The molecule has 0 atom stereocenters. The summed E-state index contributed by atoms with van der Waals surface area (Å²) in [5.41, 5.74) is 5.49. The Balaban J connectivity index is 2.12. The molecule has 0 aliphatic carbocycles. The molecule has 0 radical (unpaired) electrons. The van der Waals surface area contributed by atoms with Crippen molar-refractivity contribution in [2.75, 3.05) is 19.6 Å². The van der Waals surface area contributed by atoms with Gasteiger partial charge in [-0.1, -0.05) is 12.2 Å². The van der Waals surface area contributed by atoms with Gasteiger partial charge in [0.2, 0.25) is 15.9 Å². The van der Waals surface area contributed by atoms with Crippen molar-refractivity contribution in [2.24, 2.45) is 5.73 Å². The SMILES string of the molecule is NC(=S)c1ncccc1S(=O)(=O)NCC(=O)N1CCCC1. The van der Waals surface area contributed by atoms with E-state index in [1.807, 2.05) is 0 Å². The van der Waals surface area contributed by atoms with Crippen LogP contribution in [0, 0.1) is 0 Å². The molecule has 114 valence electrons. The highest BCUT2D eigenvalue weighted by molar-refractivity contribution is 7.89. The topological polar surface area (TPSA) is 105 Å². The van der Waals surface area contributed by atoms with Crippen molar-refractivity contribution < 1.29 is 13.2 Å².